The number of methoxy groups -OCH3 is 2. The lowest BCUT2D eigenvalue weighted by atomic mass is 10.1. The van der Waals surface area contributed by atoms with E-state index in [0.717, 1.165) is 37.2 Å². The largest absolute Gasteiger partial charge is 0.493 e. The van der Waals surface area contributed by atoms with Crippen molar-refractivity contribution in [1.82, 2.24) is 15.1 Å². The van der Waals surface area contributed by atoms with Crippen LogP contribution in [0.3, 0.4) is 0 Å². The SMILES string of the molecule is COc1cc(C)c(CN2CCC(N3CCNCC3)C2)cc1OC. The third-order valence-corrected chi connectivity index (χ3v) is 5.15. The van der Waals surface area contributed by atoms with E-state index in [-0.39, 0.29) is 0 Å². The highest BCUT2D eigenvalue weighted by Crippen LogP contribution is 2.31. The number of hydrogen-bond donors (Lipinski definition) is 1. The Balaban J connectivity index is 1.63. The number of aryl methyl sites for hydroxylation is 1. The van der Waals surface area contributed by atoms with E-state index in [9.17, 15) is 0 Å². The van der Waals surface area contributed by atoms with Gasteiger partial charge in [-0.2, -0.15) is 0 Å². The van der Waals surface area contributed by atoms with Crippen molar-refractivity contribution in [1.29, 1.82) is 0 Å². The maximum Gasteiger partial charge on any atom is 0.161 e. The normalized spacial score (nSPS) is 23.2. The van der Waals surface area contributed by atoms with E-state index in [1.807, 2.05) is 0 Å². The molecule has 2 aliphatic rings. The average Bonchev–Trinajstić information content (AvgIpc) is 3.05. The zero-order valence-electron chi connectivity index (χ0n) is 14.6. The van der Waals surface area contributed by atoms with Gasteiger partial charge in [0.05, 0.1) is 14.2 Å². The first-order valence-electron chi connectivity index (χ1n) is 8.60. The Kier molecular flexibility index (Phi) is 5.41. The number of nitrogens with one attached hydrogen (secondary N) is 1. The maximum atomic E-state index is 5.45. The molecule has 1 aromatic rings. The summed E-state index contributed by atoms with van der Waals surface area (Å²) in [6.07, 6.45) is 1.28. The van der Waals surface area contributed by atoms with Gasteiger partial charge in [0.25, 0.3) is 0 Å². The van der Waals surface area contributed by atoms with Gasteiger partial charge in [0.2, 0.25) is 0 Å². The molecule has 1 unspecified atom stereocenters. The van der Waals surface area contributed by atoms with Crippen molar-refractivity contribution in [2.24, 2.45) is 0 Å². The van der Waals surface area contributed by atoms with Crippen LogP contribution < -0.4 is 14.8 Å². The summed E-state index contributed by atoms with van der Waals surface area (Å²) in [6, 6.07) is 4.93. The Morgan fingerprint density at radius 3 is 2.48 bits per heavy atom. The first-order valence-corrected chi connectivity index (χ1v) is 8.60. The van der Waals surface area contributed by atoms with Gasteiger partial charge in [-0.25, -0.2) is 0 Å². The van der Waals surface area contributed by atoms with Crippen LogP contribution in [-0.4, -0.2) is 69.3 Å². The molecule has 1 N–H and O–H groups in total. The van der Waals surface area contributed by atoms with Crippen molar-refractivity contribution in [2.45, 2.75) is 25.9 Å². The summed E-state index contributed by atoms with van der Waals surface area (Å²) in [7, 11) is 3.39. The standard InChI is InChI=1S/C18H29N3O2/c1-14-10-17(22-2)18(23-3)11-15(14)12-20-7-4-16(13-20)21-8-5-19-6-9-21/h10-11,16,19H,4-9,12-13H2,1-3H3. The van der Waals surface area contributed by atoms with Crippen molar-refractivity contribution in [3.8, 4) is 11.5 Å². The molecule has 3 rings (SSSR count). The van der Waals surface area contributed by atoms with Crippen LogP contribution in [0.25, 0.3) is 0 Å². The molecule has 0 spiro atoms. The van der Waals surface area contributed by atoms with Crippen LogP contribution in [-0.2, 0) is 6.54 Å². The van der Waals surface area contributed by atoms with E-state index in [1.165, 1.54) is 43.7 Å². The van der Waals surface area contributed by atoms with Crippen LogP contribution >= 0.6 is 0 Å². The average molecular weight is 319 g/mol. The minimum atomic E-state index is 0.720. The van der Waals surface area contributed by atoms with Gasteiger partial charge in [0.15, 0.2) is 11.5 Å². The number of benzene rings is 1. The second kappa shape index (κ2) is 7.51. The molecule has 0 bridgehead atoms. The minimum Gasteiger partial charge on any atom is -0.493 e. The highest BCUT2D eigenvalue weighted by molar-refractivity contribution is 5.47. The third-order valence-electron chi connectivity index (χ3n) is 5.15. The Hall–Kier alpha value is -1.30. The Morgan fingerprint density at radius 2 is 1.78 bits per heavy atom. The van der Waals surface area contributed by atoms with Crippen molar-refractivity contribution in [2.75, 3.05) is 53.5 Å². The van der Waals surface area contributed by atoms with Gasteiger partial charge in [-0.1, -0.05) is 0 Å². The molecule has 0 aliphatic carbocycles. The number of hydrogen-bond acceptors (Lipinski definition) is 5. The van der Waals surface area contributed by atoms with E-state index < -0.39 is 0 Å². The molecule has 23 heavy (non-hydrogen) atoms. The number of likely N-dealkylation sites (tertiary alicyclic amines) is 1. The second-order valence-electron chi connectivity index (χ2n) is 6.60. The highest BCUT2D eigenvalue weighted by Gasteiger charge is 2.28. The molecule has 2 saturated heterocycles. The predicted octanol–water partition coefficient (Wildman–Crippen LogP) is 1.49. The summed E-state index contributed by atoms with van der Waals surface area (Å²) in [5.41, 5.74) is 2.61. The zero-order valence-corrected chi connectivity index (χ0v) is 14.6. The molecule has 5 nitrogen and oxygen atoms in total. The zero-order chi connectivity index (χ0) is 16.2. The fourth-order valence-electron chi connectivity index (χ4n) is 3.74. The van der Waals surface area contributed by atoms with E-state index in [4.69, 9.17) is 9.47 Å². The van der Waals surface area contributed by atoms with Crippen LogP contribution in [0.2, 0.25) is 0 Å². The molecule has 0 amide bonds. The quantitative estimate of drug-likeness (QED) is 0.890. The highest BCUT2D eigenvalue weighted by atomic mass is 16.5. The van der Waals surface area contributed by atoms with Crippen LogP contribution in [0.1, 0.15) is 17.5 Å². The smallest absolute Gasteiger partial charge is 0.161 e. The third kappa shape index (κ3) is 3.79. The lowest BCUT2D eigenvalue weighted by Gasteiger charge is -2.32. The van der Waals surface area contributed by atoms with Gasteiger partial charge in [-0.3, -0.25) is 9.80 Å². The second-order valence-corrected chi connectivity index (χ2v) is 6.60. The van der Waals surface area contributed by atoms with Gasteiger partial charge < -0.3 is 14.8 Å². The van der Waals surface area contributed by atoms with Gasteiger partial charge >= 0.3 is 0 Å². The van der Waals surface area contributed by atoms with Crippen molar-refractivity contribution < 1.29 is 9.47 Å². The monoisotopic (exact) mass is 319 g/mol. The van der Waals surface area contributed by atoms with Gasteiger partial charge in [-0.15, -0.1) is 0 Å². The van der Waals surface area contributed by atoms with Gasteiger partial charge in [0.1, 0.15) is 0 Å². The van der Waals surface area contributed by atoms with Crippen LogP contribution in [0, 0.1) is 6.92 Å². The molecule has 128 valence electrons. The molecule has 2 heterocycles. The molecule has 2 fully saturated rings. The summed E-state index contributed by atoms with van der Waals surface area (Å²) in [5.74, 6) is 1.64. The molecular weight excluding hydrogens is 290 g/mol. The fourth-order valence-corrected chi connectivity index (χ4v) is 3.74. The summed E-state index contributed by atoms with van der Waals surface area (Å²) in [5, 5.41) is 3.44. The van der Waals surface area contributed by atoms with Gasteiger partial charge in [0, 0.05) is 51.9 Å². The van der Waals surface area contributed by atoms with E-state index in [1.54, 1.807) is 14.2 Å². The molecule has 5 heteroatoms. The van der Waals surface area contributed by atoms with E-state index in [2.05, 4.69) is 34.2 Å². The fraction of sp³-hybridized carbons (Fsp3) is 0.667. The number of ether oxygens (including phenoxy) is 2. The molecule has 2 aliphatic heterocycles. The number of piperazine rings is 1. The Bertz CT molecular complexity index is 529. The van der Waals surface area contributed by atoms with Crippen LogP contribution in [0.5, 0.6) is 11.5 Å². The molecule has 0 saturated carbocycles. The molecule has 0 aromatic heterocycles. The first-order chi connectivity index (χ1) is 11.2. The summed E-state index contributed by atoms with van der Waals surface area (Å²) in [4.78, 5) is 5.22. The van der Waals surface area contributed by atoms with Gasteiger partial charge in [-0.05, 0) is 36.6 Å². The van der Waals surface area contributed by atoms with E-state index >= 15 is 0 Å². The van der Waals surface area contributed by atoms with Crippen LogP contribution in [0.15, 0.2) is 12.1 Å². The maximum absolute atomic E-state index is 5.45. The molecule has 1 aromatic carbocycles. The summed E-state index contributed by atoms with van der Waals surface area (Å²) in [6.45, 7) is 10.1. The topological polar surface area (TPSA) is 37.0 Å². The Morgan fingerprint density at radius 1 is 1.09 bits per heavy atom. The van der Waals surface area contributed by atoms with E-state index in [0.29, 0.717) is 0 Å². The Labute approximate surface area is 139 Å². The van der Waals surface area contributed by atoms with Crippen LogP contribution in [0.4, 0.5) is 0 Å². The first kappa shape index (κ1) is 16.6. The number of nitrogens with zero attached hydrogens (tertiary/aromatic N) is 2. The molecular formula is C18H29N3O2. The summed E-state index contributed by atoms with van der Waals surface area (Å²) >= 11 is 0. The van der Waals surface area contributed by atoms with Crippen molar-refractivity contribution >= 4 is 0 Å². The lowest BCUT2D eigenvalue weighted by Crippen LogP contribution is -2.49. The predicted molar refractivity (Wildman–Crippen MR) is 92.4 cm³/mol. The minimum absolute atomic E-state index is 0.720. The van der Waals surface area contributed by atoms with Crippen molar-refractivity contribution in [3.63, 3.8) is 0 Å². The molecule has 1 atom stereocenters. The number of rotatable bonds is 5. The molecule has 0 radical (unpaired) electrons. The summed E-state index contributed by atoms with van der Waals surface area (Å²) < 4.78 is 10.8. The lowest BCUT2D eigenvalue weighted by molar-refractivity contribution is 0.170. The van der Waals surface area contributed by atoms with Crippen molar-refractivity contribution in [3.05, 3.63) is 23.3 Å².